The maximum atomic E-state index is 13.9. The smallest absolute Gasteiger partial charge is 0.244 e. The largest absolute Gasteiger partial charge is 0.461 e. The van der Waals surface area contributed by atoms with Crippen molar-refractivity contribution in [3.05, 3.63) is 50.6 Å². The van der Waals surface area contributed by atoms with Crippen LogP contribution in [0.1, 0.15) is 12.0 Å². The molecule has 0 aliphatic heterocycles. The molecule has 156 valence electrons. The zero-order valence-corrected chi connectivity index (χ0v) is 17.8. The summed E-state index contributed by atoms with van der Waals surface area (Å²) in [5.41, 5.74) is 0.195. The molecule has 0 spiro atoms. The van der Waals surface area contributed by atoms with Crippen LogP contribution in [0.2, 0.25) is 5.15 Å². The van der Waals surface area contributed by atoms with Crippen LogP contribution in [0.15, 0.2) is 39.9 Å². The third-order valence-electron chi connectivity index (χ3n) is 3.67. The van der Waals surface area contributed by atoms with Gasteiger partial charge in [0.1, 0.15) is 5.15 Å². The molecule has 0 saturated carbocycles. The average Bonchev–Trinajstić information content (AvgIpc) is 2.53. The molecule has 1 unspecified atom stereocenters. The number of rotatable bonds is 4. The van der Waals surface area contributed by atoms with Crippen molar-refractivity contribution >= 4 is 53.3 Å². The summed E-state index contributed by atoms with van der Waals surface area (Å²) in [5, 5.41) is -6.39. The monoisotopic (exact) mass is 579 g/mol. The van der Waals surface area contributed by atoms with Crippen molar-refractivity contribution in [3.8, 4) is 0 Å². The minimum Gasteiger partial charge on any atom is -0.244 e. The number of halogens is 10. The molecule has 0 aromatic carbocycles. The van der Waals surface area contributed by atoms with Crippen LogP contribution in [0.5, 0.6) is 0 Å². The number of allylic oxidation sites excluding steroid dienone is 3. The summed E-state index contributed by atoms with van der Waals surface area (Å²) >= 11 is 11.6. The summed E-state index contributed by atoms with van der Waals surface area (Å²) in [6.07, 6.45) is -4.55. The van der Waals surface area contributed by atoms with Gasteiger partial charge in [0.25, 0.3) is 0 Å². The Balaban J connectivity index is 2.64. The summed E-state index contributed by atoms with van der Waals surface area (Å²) in [4.78, 5) is 2.31. The van der Waals surface area contributed by atoms with E-state index < -0.39 is 36.4 Å². The molecular formula is C14H7Br2ClF7NO2S. The molecule has 3 nitrogen and oxygen atoms in total. The third kappa shape index (κ3) is 3.86. The van der Waals surface area contributed by atoms with Crippen LogP contribution < -0.4 is 0 Å². The highest BCUT2D eigenvalue weighted by atomic mass is 79.9. The molecule has 1 aliphatic rings. The fraction of sp³-hybridized carbons (Fsp3) is 0.357. The molecule has 1 aromatic rings. The Morgan fingerprint density at radius 1 is 1.11 bits per heavy atom. The van der Waals surface area contributed by atoms with Gasteiger partial charge in [-0.2, -0.15) is 30.7 Å². The standard InChI is InChI=1S/C14H7Br2ClF7NO2S/c15-8-3-9(5-11(16,4-8)7-1-2-10(17)25-6-7)28(26,27)14(23,24)12(18,19)13(20,21)22/h1-3,5-6H,4H2. The van der Waals surface area contributed by atoms with Crippen molar-refractivity contribution in [2.24, 2.45) is 0 Å². The summed E-state index contributed by atoms with van der Waals surface area (Å²) < 4.78 is 114. The highest BCUT2D eigenvalue weighted by molar-refractivity contribution is 9.12. The van der Waals surface area contributed by atoms with Crippen LogP contribution in [0.25, 0.3) is 0 Å². The molecule has 2 rings (SSSR count). The molecule has 1 aromatic heterocycles. The zero-order valence-electron chi connectivity index (χ0n) is 13.0. The van der Waals surface area contributed by atoms with E-state index in [1.807, 2.05) is 0 Å². The molecule has 1 aliphatic carbocycles. The second-order valence-corrected chi connectivity index (χ2v) is 10.5. The van der Waals surface area contributed by atoms with Crippen molar-refractivity contribution in [1.82, 2.24) is 4.98 Å². The van der Waals surface area contributed by atoms with Crippen molar-refractivity contribution in [2.75, 3.05) is 0 Å². The number of nitrogens with zero attached hydrogens (tertiary/aromatic N) is 1. The van der Waals surface area contributed by atoms with Crippen molar-refractivity contribution in [3.63, 3.8) is 0 Å². The fourth-order valence-corrected chi connectivity index (χ4v) is 5.88. The molecule has 0 fully saturated rings. The topological polar surface area (TPSA) is 47.0 Å². The summed E-state index contributed by atoms with van der Waals surface area (Å²) in [7, 11) is -6.45. The number of pyridine rings is 1. The average molecular weight is 582 g/mol. The number of hydrogen-bond acceptors (Lipinski definition) is 3. The van der Waals surface area contributed by atoms with Gasteiger partial charge < -0.3 is 0 Å². The molecule has 1 heterocycles. The van der Waals surface area contributed by atoms with Gasteiger partial charge in [0.05, 0.1) is 9.23 Å². The lowest BCUT2D eigenvalue weighted by Crippen LogP contribution is -2.56. The van der Waals surface area contributed by atoms with E-state index in [4.69, 9.17) is 11.6 Å². The maximum Gasteiger partial charge on any atom is 0.461 e. The van der Waals surface area contributed by atoms with E-state index >= 15 is 0 Å². The van der Waals surface area contributed by atoms with Crippen LogP contribution in [-0.4, -0.2) is 30.8 Å². The Labute approximate surface area is 175 Å². The predicted octanol–water partition coefficient (Wildman–Crippen LogP) is 6.10. The number of sulfone groups is 1. The van der Waals surface area contributed by atoms with Gasteiger partial charge in [-0.05, 0) is 28.3 Å². The second kappa shape index (κ2) is 7.24. The van der Waals surface area contributed by atoms with Gasteiger partial charge >= 0.3 is 17.4 Å². The van der Waals surface area contributed by atoms with Crippen molar-refractivity contribution in [2.45, 2.75) is 28.1 Å². The van der Waals surface area contributed by atoms with Crippen LogP contribution in [0, 0.1) is 0 Å². The van der Waals surface area contributed by atoms with Gasteiger partial charge in [0, 0.05) is 12.6 Å². The molecule has 0 saturated heterocycles. The minimum atomic E-state index is -6.81. The molecule has 0 radical (unpaired) electrons. The van der Waals surface area contributed by atoms with Gasteiger partial charge in [0.2, 0.25) is 9.84 Å². The summed E-state index contributed by atoms with van der Waals surface area (Å²) in [5.74, 6) is -6.81. The highest BCUT2D eigenvalue weighted by Gasteiger charge is 2.79. The van der Waals surface area contributed by atoms with Crippen LogP contribution in [0.3, 0.4) is 0 Å². The molecule has 0 N–H and O–H groups in total. The van der Waals surface area contributed by atoms with E-state index in [2.05, 4.69) is 36.8 Å². The minimum absolute atomic E-state index is 0.0495. The number of aromatic nitrogens is 1. The van der Waals surface area contributed by atoms with Crippen LogP contribution in [0.4, 0.5) is 30.7 Å². The van der Waals surface area contributed by atoms with Gasteiger partial charge in [-0.15, -0.1) is 0 Å². The quantitative estimate of drug-likeness (QED) is 0.246. The fourth-order valence-electron chi connectivity index (χ4n) is 2.21. The Bertz CT molecular complexity index is 945. The van der Waals surface area contributed by atoms with Crippen molar-refractivity contribution in [1.29, 1.82) is 0 Å². The van der Waals surface area contributed by atoms with E-state index in [1.54, 1.807) is 0 Å². The molecule has 0 bridgehead atoms. The van der Waals surface area contributed by atoms with Crippen LogP contribution in [-0.2, 0) is 14.2 Å². The van der Waals surface area contributed by atoms with E-state index in [9.17, 15) is 39.2 Å². The Kier molecular flexibility index (Phi) is 6.11. The normalized spacial score (nSPS) is 21.9. The molecule has 1 atom stereocenters. The Morgan fingerprint density at radius 3 is 2.14 bits per heavy atom. The lowest BCUT2D eigenvalue weighted by atomic mass is 9.93. The summed E-state index contributed by atoms with van der Waals surface area (Å²) in [6.45, 7) is 0. The molecule has 14 heteroatoms. The first kappa shape index (κ1) is 23.6. The molecule has 0 amide bonds. The third-order valence-corrected chi connectivity index (χ3v) is 7.16. The zero-order chi connectivity index (χ0) is 21.8. The first-order valence-electron chi connectivity index (χ1n) is 6.92. The van der Waals surface area contributed by atoms with Gasteiger partial charge in [-0.25, -0.2) is 13.4 Å². The van der Waals surface area contributed by atoms with E-state index in [1.165, 1.54) is 12.1 Å². The lowest BCUT2D eigenvalue weighted by Gasteiger charge is -2.32. The Hall–Kier alpha value is -0.660. The van der Waals surface area contributed by atoms with E-state index in [-0.39, 0.29) is 21.6 Å². The Morgan fingerprint density at radius 2 is 1.68 bits per heavy atom. The SMILES string of the molecule is O=S(=O)(C1=CC(Br)(c2ccc(Cl)nc2)CC(Br)=C1)C(F)(F)C(F)(F)C(F)(F)F. The van der Waals surface area contributed by atoms with Gasteiger partial charge in [0.15, 0.2) is 0 Å². The number of alkyl halides is 8. The maximum absolute atomic E-state index is 13.9. The first-order chi connectivity index (χ1) is 12.5. The molecule has 28 heavy (non-hydrogen) atoms. The van der Waals surface area contributed by atoms with E-state index in [0.717, 1.165) is 6.20 Å². The summed E-state index contributed by atoms with van der Waals surface area (Å²) in [6, 6.07) is 2.64. The molecular weight excluding hydrogens is 574 g/mol. The number of hydrogen-bond donors (Lipinski definition) is 0. The van der Waals surface area contributed by atoms with Crippen LogP contribution >= 0.6 is 43.5 Å². The second-order valence-electron chi connectivity index (χ2n) is 5.64. The lowest BCUT2D eigenvalue weighted by molar-refractivity contribution is -0.331. The van der Waals surface area contributed by atoms with Crippen molar-refractivity contribution < 1.29 is 39.2 Å². The predicted molar refractivity (Wildman–Crippen MR) is 94.4 cm³/mol. The van der Waals surface area contributed by atoms with E-state index in [0.29, 0.717) is 12.2 Å². The van der Waals surface area contributed by atoms with Gasteiger partial charge in [-0.3, -0.25) is 0 Å². The first-order valence-corrected chi connectivity index (χ1v) is 10.4. The highest BCUT2D eigenvalue weighted by Crippen LogP contribution is 2.53. The van der Waals surface area contributed by atoms with Gasteiger partial charge in [-0.1, -0.05) is 49.5 Å².